The van der Waals surface area contributed by atoms with E-state index in [0.717, 1.165) is 36.3 Å². The van der Waals surface area contributed by atoms with E-state index >= 15 is 0 Å². The third kappa shape index (κ3) is 3.74. The van der Waals surface area contributed by atoms with E-state index in [4.69, 9.17) is 9.47 Å². The van der Waals surface area contributed by atoms with Crippen molar-refractivity contribution in [1.29, 1.82) is 0 Å². The average Bonchev–Trinajstić information content (AvgIpc) is 2.92. The molecule has 0 amide bonds. The molecular weight excluding hydrogens is 324 g/mol. The molecule has 0 aliphatic carbocycles. The highest BCUT2D eigenvalue weighted by molar-refractivity contribution is 5.82. The van der Waals surface area contributed by atoms with Crippen molar-refractivity contribution in [3.63, 3.8) is 0 Å². The normalized spacial score (nSPS) is 20.7. The molecule has 0 bridgehead atoms. The van der Waals surface area contributed by atoms with Gasteiger partial charge in [0, 0.05) is 19.6 Å². The Morgan fingerprint density at radius 3 is 2.69 bits per heavy atom. The molecule has 134 valence electrons. The van der Waals surface area contributed by atoms with Crippen LogP contribution in [0.15, 0.2) is 66.7 Å². The quantitative estimate of drug-likeness (QED) is 0.735. The van der Waals surface area contributed by atoms with Crippen molar-refractivity contribution in [3.05, 3.63) is 77.9 Å². The van der Waals surface area contributed by atoms with Gasteiger partial charge in [-0.3, -0.25) is 0 Å². The van der Waals surface area contributed by atoms with Crippen molar-refractivity contribution in [1.82, 2.24) is 0 Å². The zero-order chi connectivity index (χ0) is 17.8. The monoisotopic (exact) mass is 348 g/mol. The third-order valence-electron chi connectivity index (χ3n) is 5.13. The van der Waals surface area contributed by atoms with Crippen LogP contribution < -0.4 is 4.74 Å². The molecule has 1 unspecified atom stereocenters. The predicted molar refractivity (Wildman–Crippen MR) is 103 cm³/mol. The van der Waals surface area contributed by atoms with Crippen LogP contribution in [0.2, 0.25) is 0 Å². The first-order valence-corrected chi connectivity index (χ1v) is 9.24. The van der Waals surface area contributed by atoms with Crippen LogP contribution in [0.3, 0.4) is 0 Å². The molecule has 0 spiro atoms. The van der Waals surface area contributed by atoms with Crippen LogP contribution in [0.4, 0.5) is 0 Å². The lowest BCUT2D eigenvalue weighted by Crippen LogP contribution is -2.25. The minimum Gasteiger partial charge on any atom is -0.489 e. The Morgan fingerprint density at radius 2 is 1.77 bits per heavy atom. The van der Waals surface area contributed by atoms with Crippen molar-refractivity contribution in [2.75, 3.05) is 13.2 Å². The van der Waals surface area contributed by atoms with Gasteiger partial charge in [0.25, 0.3) is 0 Å². The third-order valence-corrected chi connectivity index (χ3v) is 5.13. The molecule has 3 aromatic carbocycles. The Bertz CT molecular complexity index is 879. The molecule has 3 aromatic rings. The van der Waals surface area contributed by atoms with Gasteiger partial charge < -0.3 is 14.6 Å². The first-order valence-electron chi connectivity index (χ1n) is 9.24. The number of hydrogen-bond donors (Lipinski definition) is 1. The molecule has 1 heterocycles. The average molecular weight is 348 g/mol. The zero-order valence-corrected chi connectivity index (χ0v) is 14.9. The van der Waals surface area contributed by atoms with E-state index in [9.17, 15) is 5.11 Å². The number of hydrogen-bond acceptors (Lipinski definition) is 3. The summed E-state index contributed by atoms with van der Waals surface area (Å²) in [6, 6.07) is 22.6. The molecule has 1 N–H and O–H groups in total. The highest BCUT2D eigenvalue weighted by atomic mass is 16.5. The molecule has 3 heteroatoms. The maximum absolute atomic E-state index is 11.0. The second-order valence-electron chi connectivity index (χ2n) is 7.00. The first kappa shape index (κ1) is 17.1. The fraction of sp³-hybridized carbons (Fsp3) is 0.304. The summed E-state index contributed by atoms with van der Waals surface area (Å²) in [4.78, 5) is 0. The first-order chi connectivity index (χ1) is 12.7. The van der Waals surface area contributed by atoms with E-state index in [1.807, 2.05) is 36.4 Å². The van der Waals surface area contributed by atoms with Gasteiger partial charge >= 0.3 is 0 Å². The Balaban J connectivity index is 1.49. The van der Waals surface area contributed by atoms with Crippen LogP contribution in [0.5, 0.6) is 5.75 Å². The lowest BCUT2D eigenvalue weighted by atomic mass is 9.87. The van der Waals surface area contributed by atoms with Gasteiger partial charge in [-0.1, -0.05) is 48.5 Å². The second-order valence-corrected chi connectivity index (χ2v) is 7.00. The lowest BCUT2D eigenvalue weighted by molar-refractivity contribution is 0.0142. The van der Waals surface area contributed by atoms with Crippen LogP contribution in [-0.2, 0) is 16.9 Å². The maximum Gasteiger partial charge on any atom is 0.120 e. The number of fused-ring (bicyclic) bond motifs is 1. The molecule has 3 nitrogen and oxygen atoms in total. The van der Waals surface area contributed by atoms with Crippen LogP contribution in [0, 0.1) is 0 Å². The van der Waals surface area contributed by atoms with Crippen molar-refractivity contribution < 1.29 is 14.6 Å². The Morgan fingerprint density at radius 1 is 0.885 bits per heavy atom. The SMILES string of the molecule is OC1(c2cccc(OCc3ccc4ccccc4c3)c2)CCCOCC1. The molecular formula is C23H24O3. The minimum atomic E-state index is -0.821. The Kier molecular flexibility index (Phi) is 4.91. The van der Waals surface area contributed by atoms with E-state index in [-0.39, 0.29) is 0 Å². The highest BCUT2D eigenvalue weighted by Gasteiger charge is 2.30. The number of ether oxygens (including phenoxy) is 2. The van der Waals surface area contributed by atoms with E-state index in [1.54, 1.807) is 0 Å². The van der Waals surface area contributed by atoms with Crippen LogP contribution in [-0.4, -0.2) is 18.3 Å². The van der Waals surface area contributed by atoms with Crippen molar-refractivity contribution >= 4 is 10.8 Å². The molecule has 0 radical (unpaired) electrons. The summed E-state index contributed by atoms with van der Waals surface area (Å²) in [7, 11) is 0. The topological polar surface area (TPSA) is 38.7 Å². The fourth-order valence-corrected chi connectivity index (χ4v) is 3.59. The van der Waals surface area contributed by atoms with Gasteiger partial charge in [0.15, 0.2) is 0 Å². The smallest absolute Gasteiger partial charge is 0.120 e. The molecule has 1 aliphatic heterocycles. The zero-order valence-electron chi connectivity index (χ0n) is 14.9. The summed E-state index contributed by atoms with van der Waals surface area (Å²) in [6.45, 7) is 1.83. The van der Waals surface area contributed by atoms with Crippen molar-refractivity contribution in [3.8, 4) is 5.75 Å². The van der Waals surface area contributed by atoms with Crippen LogP contribution in [0.25, 0.3) is 10.8 Å². The maximum atomic E-state index is 11.0. The largest absolute Gasteiger partial charge is 0.489 e. The second kappa shape index (κ2) is 7.48. The van der Waals surface area contributed by atoms with Gasteiger partial charge in [-0.2, -0.15) is 0 Å². The molecule has 4 rings (SSSR count). The van der Waals surface area contributed by atoms with E-state index in [0.29, 0.717) is 19.6 Å². The van der Waals surface area contributed by atoms with Gasteiger partial charge in [-0.05, 0) is 52.9 Å². The predicted octanol–water partition coefficient (Wildman–Crippen LogP) is 4.81. The van der Waals surface area contributed by atoms with Gasteiger partial charge in [-0.15, -0.1) is 0 Å². The number of aliphatic hydroxyl groups is 1. The minimum absolute atomic E-state index is 0.510. The van der Waals surface area contributed by atoms with Gasteiger partial charge in [0.1, 0.15) is 12.4 Å². The van der Waals surface area contributed by atoms with Crippen LogP contribution >= 0.6 is 0 Å². The van der Waals surface area contributed by atoms with Gasteiger partial charge in [-0.25, -0.2) is 0 Å². The molecule has 1 atom stereocenters. The molecule has 1 fully saturated rings. The summed E-state index contributed by atoms with van der Waals surface area (Å²) in [5.74, 6) is 0.786. The molecule has 0 saturated carbocycles. The molecule has 0 aromatic heterocycles. The van der Waals surface area contributed by atoms with Gasteiger partial charge in [0.2, 0.25) is 0 Å². The summed E-state index contributed by atoms with van der Waals surface area (Å²) in [5.41, 5.74) is 1.23. The molecule has 1 aliphatic rings. The highest BCUT2D eigenvalue weighted by Crippen LogP contribution is 2.34. The van der Waals surface area contributed by atoms with Crippen LogP contribution in [0.1, 0.15) is 30.4 Å². The molecule has 26 heavy (non-hydrogen) atoms. The van der Waals surface area contributed by atoms with E-state index < -0.39 is 5.60 Å². The lowest BCUT2D eigenvalue weighted by Gasteiger charge is -2.27. The van der Waals surface area contributed by atoms with E-state index in [2.05, 4.69) is 30.3 Å². The summed E-state index contributed by atoms with van der Waals surface area (Å²) in [5, 5.41) is 13.5. The van der Waals surface area contributed by atoms with Crippen molar-refractivity contribution in [2.24, 2.45) is 0 Å². The molecule has 1 saturated heterocycles. The summed E-state index contributed by atoms with van der Waals surface area (Å²) >= 11 is 0. The fourth-order valence-electron chi connectivity index (χ4n) is 3.59. The van der Waals surface area contributed by atoms with E-state index in [1.165, 1.54) is 10.8 Å². The summed E-state index contributed by atoms with van der Waals surface area (Å²) < 4.78 is 11.5. The Hall–Kier alpha value is -2.36. The summed E-state index contributed by atoms with van der Waals surface area (Å²) in [6.07, 6.45) is 2.22. The standard InChI is InChI=1S/C23H24O3/c24-23(11-4-13-25-14-12-23)21-7-3-8-22(16-21)26-17-18-9-10-19-5-1-2-6-20(19)15-18/h1-3,5-10,15-16,24H,4,11-14,17H2. The number of rotatable bonds is 4. The number of benzene rings is 3. The van der Waals surface area contributed by atoms with Crippen molar-refractivity contribution in [2.45, 2.75) is 31.5 Å². The van der Waals surface area contributed by atoms with Gasteiger partial charge in [0.05, 0.1) is 5.60 Å². The Labute approximate surface area is 154 Å².